The van der Waals surface area contributed by atoms with Crippen LogP contribution in [-0.2, 0) is 14.8 Å². The molecule has 0 spiro atoms. The van der Waals surface area contributed by atoms with Crippen molar-refractivity contribution in [3.05, 3.63) is 42.5 Å². The number of amides is 2. The van der Waals surface area contributed by atoms with Crippen LogP contribution < -0.4 is 9.62 Å². The molecule has 1 aliphatic rings. The molecule has 0 atom stereocenters. The maximum absolute atomic E-state index is 12.7. The lowest BCUT2D eigenvalue weighted by Crippen LogP contribution is -2.37. The lowest BCUT2D eigenvalue weighted by atomic mass is 10.1. The Morgan fingerprint density at radius 2 is 1.88 bits per heavy atom. The fourth-order valence-electron chi connectivity index (χ4n) is 2.55. The van der Waals surface area contributed by atoms with Gasteiger partial charge in [0.05, 0.1) is 5.75 Å². The van der Waals surface area contributed by atoms with E-state index in [2.05, 4.69) is 11.3 Å². The summed E-state index contributed by atoms with van der Waals surface area (Å²) in [6, 6.07) is 6.65. The molecule has 1 N–H and O–H groups in total. The first-order chi connectivity index (χ1) is 11.8. The molecule has 0 aliphatic carbocycles. The standard InChI is InChI=1S/C17H23N3O4S/c1-3-16(21)19(2)15-8-6-14(7-9-15)17(22)20-11-5-4-10-18-25(23,24)13-12-20/h3,6-9,18H,1,4-5,10-13H2,2H3. The summed E-state index contributed by atoms with van der Waals surface area (Å²) in [4.78, 5) is 27.3. The first kappa shape index (κ1) is 19.1. The van der Waals surface area contributed by atoms with Gasteiger partial charge in [-0.2, -0.15) is 0 Å². The molecule has 1 saturated heterocycles. The van der Waals surface area contributed by atoms with Crippen molar-refractivity contribution in [3.63, 3.8) is 0 Å². The molecule has 2 rings (SSSR count). The molecule has 1 aliphatic heterocycles. The second-order valence-electron chi connectivity index (χ2n) is 5.86. The Morgan fingerprint density at radius 3 is 2.52 bits per heavy atom. The van der Waals surface area contributed by atoms with Crippen molar-refractivity contribution in [2.24, 2.45) is 0 Å². The molecule has 136 valence electrons. The van der Waals surface area contributed by atoms with Crippen LogP contribution in [0.25, 0.3) is 0 Å². The van der Waals surface area contributed by atoms with Gasteiger partial charge in [0.2, 0.25) is 15.9 Å². The van der Waals surface area contributed by atoms with E-state index in [1.165, 1.54) is 11.0 Å². The van der Waals surface area contributed by atoms with Crippen LogP contribution in [0.15, 0.2) is 36.9 Å². The van der Waals surface area contributed by atoms with Crippen LogP contribution >= 0.6 is 0 Å². The zero-order valence-corrected chi connectivity index (χ0v) is 15.1. The van der Waals surface area contributed by atoms with E-state index in [-0.39, 0.29) is 24.1 Å². The van der Waals surface area contributed by atoms with Gasteiger partial charge in [0, 0.05) is 37.9 Å². The topological polar surface area (TPSA) is 86.8 Å². The average Bonchev–Trinajstić information content (AvgIpc) is 2.70. The normalized spacial score (nSPS) is 17.7. The third kappa shape index (κ3) is 5.14. The van der Waals surface area contributed by atoms with Gasteiger partial charge in [-0.3, -0.25) is 9.59 Å². The van der Waals surface area contributed by atoms with E-state index in [0.29, 0.717) is 30.8 Å². The van der Waals surface area contributed by atoms with Gasteiger partial charge in [-0.15, -0.1) is 0 Å². The molecule has 1 aromatic carbocycles. The molecule has 1 fully saturated rings. The van der Waals surface area contributed by atoms with Crippen molar-refractivity contribution in [3.8, 4) is 0 Å². The molecule has 0 saturated carbocycles. The Kier molecular flexibility index (Phi) is 6.33. The molecule has 0 unspecified atom stereocenters. The Labute approximate surface area is 148 Å². The van der Waals surface area contributed by atoms with Crippen molar-refractivity contribution in [1.29, 1.82) is 0 Å². The number of carbonyl (C=O) groups excluding carboxylic acids is 2. The van der Waals surface area contributed by atoms with Gasteiger partial charge in [-0.05, 0) is 43.2 Å². The Hall–Kier alpha value is -2.19. The maximum atomic E-state index is 12.7. The van der Waals surface area contributed by atoms with E-state index in [9.17, 15) is 18.0 Å². The third-order valence-electron chi connectivity index (χ3n) is 4.10. The minimum Gasteiger partial charge on any atom is -0.338 e. The van der Waals surface area contributed by atoms with E-state index in [0.717, 1.165) is 6.42 Å². The highest BCUT2D eigenvalue weighted by atomic mass is 32.2. The lowest BCUT2D eigenvalue weighted by molar-refractivity contribution is -0.113. The highest BCUT2D eigenvalue weighted by molar-refractivity contribution is 7.89. The van der Waals surface area contributed by atoms with E-state index in [1.807, 2.05) is 0 Å². The predicted octanol–water partition coefficient (Wildman–Crippen LogP) is 0.991. The summed E-state index contributed by atoms with van der Waals surface area (Å²) in [5.41, 5.74) is 1.12. The quantitative estimate of drug-likeness (QED) is 0.810. The number of carbonyl (C=O) groups is 2. The summed E-state index contributed by atoms with van der Waals surface area (Å²) in [5, 5.41) is 0. The number of hydrogen-bond acceptors (Lipinski definition) is 4. The number of nitrogens with zero attached hydrogens (tertiary/aromatic N) is 2. The first-order valence-corrected chi connectivity index (χ1v) is 9.76. The monoisotopic (exact) mass is 365 g/mol. The molecular formula is C17H23N3O4S. The zero-order valence-electron chi connectivity index (χ0n) is 14.3. The Balaban J connectivity index is 2.12. The molecule has 2 amide bonds. The molecule has 25 heavy (non-hydrogen) atoms. The third-order valence-corrected chi connectivity index (χ3v) is 5.46. The minimum absolute atomic E-state index is 0.104. The first-order valence-electron chi connectivity index (χ1n) is 8.11. The SMILES string of the molecule is C=CC(=O)N(C)c1ccc(C(=O)N2CCCCNS(=O)(=O)CC2)cc1. The highest BCUT2D eigenvalue weighted by Gasteiger charge is 2.21. The number of hydrogen-bond donors (Lipinski definition) is 1. The fraction of sp³-hybridized carbons (Fsp3) is 0.412. The van der Waals surface area contributed by atoms with Crippen LogP contribution in [0.4, 0.5) is 5.69 Å². The number of anilines is 1. The van der Waals surface area contributed by atoms with Crippen LogP contribution in [0.1, 0.15) is 23.2 Å². The van der Waals surface area contributed by atoms with Crippen molar-refractivity contribution < 1.29 is 18.0 Å². The summed E-state index contributed by atoms with van der Waals surface area (Å²) >= 11 is 0. The van der Waals surface area contributed by atoms with Gasteiger partial charge in [-0.1, -0.05) is 6.58 Å². The second kappa shape index (κ2) is 8.26. The minimum atomic E-state index is -3.34. The van der Waals surface area contributed by atoms with Crippen LogP contribution in [0.3, 0.4) is 0 Å². The van der Waals surface area contributed by atoms with Gasteiger partial charge in [0.1, 0.15) is 0 Å². The summed E-state index contributed by atoms with van der Waals surface area (Å²) in [5.74, 6) is -0.550. The van der Waals surface area contributed by atoms with E-state index < -0.39 is 10.0 Å². The van der Waals surface area contributed by atoms with Gasteiger partial charge < -0.3 is 9.80 Å². The number of sulfonamides is 1. The maximum Gasteiger partial charge on any atom is 0.253 e. The molecular weight excluding hydrogens is 342 g/mol. The van der Waals surface area contributed by atoms with Crippen LogP contribution in [-0.4, -0.2) is 57.6 Å². The summed E-state index contributed by atoms with van der Waals surface area (Å²) in [6.07, 6.45) is 2.65. The fourth-order valence-corrected chi connectivity index (χ4v) is 3.61. The van der Waals surface area contributed by atoms with Gasteiger partial charge >= 0.3 is 0 Å². The average molecular weight is 365 g/mol. The van der Waals surface area contributed by atoms with Crippen molar-refractivity contribution >= 4 is 27.5 Å². The molecule has 0 aromatic heterocycles. The number of nitrogens with one attached hydrogen (secondary N) is 1. The van der Waals surface area contributed by atoms with E-state index in [1.54, 1.807) is 36.2 Å². The van der Waals surface area contributed by atoms with Gasteiger partial charge in [0.25, 0.3) is 5.91 Å². The van der Waals surface area contributed by atoms with Crippen LogP contribution in [0.5, 0.6) is 0 Å². The van der Waals surface area contributed by atoms with E-state index in [4.69, 9.17) is 0 Å². The van der Waals surface area contributed by atoms with Crippen molar-refractivity contribution in [1.82, 2.24) is 9.62 Å². The Morgan fingerprint density at radius 1 is 1.20 bits per heavy atom. The summed E-state index contributed by atoms with van der Waals surface area (Å²) < 4.78 is 26.1. The lowest BCUT2D eigenvalue weighted by Gasteiger charge is -2.22. The van der Waals surface area contributed by atoms with Crippen LogP contribution in [0.2, 0.25) is 0 Å². The van der Waals surface area contributed by atoms with E-state index >= 15 is 0 Å². The van der Waals surface area contributed by atoms with Gasteiger partial charge in [0.15, 0.2) is 0 Å². The summed E-state index contributed by atoms with van der Waals surface area (Å²) in [7, 11) is -1.72. The highest BCUT2D eigenvalue weighted by Crippen LogP contribution is 2.16. The molecule has 7 nitrogen and oxygen atoms in total. The molecule has 1 aromatic rings. The number of likely N-dealkylation sites (N-methyl/N-ethyl adjacent to an activating group) is 1. The summed E-state index contributed by atoms with van der Waals surface area (Å²) in [6.45, 7) is 4.53. The smallest absolute Gasteiger partial charge is 0.253 e. The molecule has 0 radical (unpaired) electrons. The largest absolute Gasteiger partial charge is 0.338 e. The number of benzene rings is 1. The molecule has 0 bridgehead atoms. The van der Waals surface area contributed by atoms with Crippen molar-refractivity contribution in [2.45, 2.75) is 12.8 Å². The number of rotatable bonds is 3. The molecule has 1 heterocycles. The second-order valence-corrected chi connectivity index (χ2v) is 7.79. The molecule has 8 heteroatoms. The van der Waals surface area contributed by atoms with Crippen molar-refractivity contribution in [2.75, 3.05) is 37.3 Å². The Bertz CT molecular complexity index is 744. The predicted molar refractivity (Wildman–Crippen MR) is 97.0 cm³/mol. The van der Waals surface area contributed by atoms with Crippen LogP contribution in [0, 0.1) is 0 Å². The zero-order chi connectivity index (χ0) is 18.4. The van der Waals surface area contributed by atoms with Gasteiger partial charge in [-0.25, -0.2) is 13.1 Å².